The third-order valence-corrected chi connectivity index (χ3v) is 4.81. The number of ether oxygens (including phenoxy) is 2. The third-order valence-electron chi connectivity index (χ3n) is 4.81. The number of hydrogen-bond acceptors (Lipinski definition) is 6. The van der Waals surface area contributed by atoms with Crippen LogP contribution in [0.25, 0.3) is 44.5 Å². The first-order valence-electron chi connectivity index (χ1n) is 10.3. The first-order chi connectivity index (χ1) is 17.6. The maximum absolute atomic E-state index is 8.83. The molecule has 0 aliphatic heterocycles. The van der Waals surface area contributed by atoms with Gasteiger partial charge in [-0.15, -0.1) is 0 Å². The minimum Gasteiger partial charge on any atom is -0.496 e. The van der Waals surface area contributed by atoms with E-state index in [1.165, 1.54) is 12.2 Å². The van der Waals surface area contributed by atoms with Crippen molar-refractivity contribution in [2.24, 2.45) is 0 Å². The van der Waals surface area contributed by atoms with Crippen molar-refractivity contribution in [3.8, 4) is 46.3 Å². The van der Waals surface area contributed by atoms with Gasteiger partial charge in [0, 0.05) is 6.07 Å². The standard InChI is InChI=1S/C28H18N4O4/c1-31-19(17-29)7-5-9-21-11-13-25(35-21)23-15-24(28(34-4)16-27(23)33-3)26-14-12-22(36-26)10-6-8-20(18-30)32-2/h5-16H,3-4H3/b9-5+,10-6+,19-7-,20-8+. The van der Waals surface area contributed by atoms with Crippen molar-refractivity contribution < 1.29 is 18.3 Å². The second kappa shape index (κ2) is 12.0. The number of hydrogen-bond donors (Lipinski definition) is 0. The minimum absolute atomic E-state index is 0.0277. The van der Waals surface area contributed by atoms with Crippen molar-refractivity contribution >= 4 is 12.2 Å². The van der Waals surface area contributed by atoms with Gasteiger partial charge in [0.25, 0.3) is 11.4 Å². The number of rotatable bonds is 8. The first kappa shape index (κ1) is 24.9. The zero-order chi connectivity index (χ0) is 25.9. The molecule has 3 rings (SSSR count). The molecular formula is C28H18N4O4. The van der Waals surface area contributed by atoms with Gasteiger partial charge in [-0.05, 0) is 54.6 Å². The molecule has 1 aromatic carbocycles. The van der Waals surface area contributed by atoms with E-state index >= 15 is 0 Å². The Morgan fingerprint density at radius 3 is 1.58 bits per heavy atom. The highest BCUT2D eigenvalue weighted by atomic mass is 16.5. The van der Waals surface area contributed by atoms with Crippen LogP contribution in [-0.4, -0.2) is 14.2 Å². The Labute approximate surface area is 208 Å². The maximum atomic E-state index is 8.83. The highest BCUT2D eigenvalue weighted by molar-refractivity contribution is 5.79. The molecule has 0 atom stereocenters. The van der Waals surface area contributed by atoms with Gasteiger partial charge in [0.1, 0.15) is 34.5 Å². The molecule has 0 unspecified atom stereocenters. The second-order valence-electron chi connectivity index (χ2n) is 6.93. The van der Waals surface area contributed by atoms with Crippen LogP contribution in [0.1, 0.15) is 11.5 Å². The minimum atomic E-state index is -0.0277. The number of furan rings is 2. The summed E-state index contributed by atoms with van der Waals surface area (Å²) in [5.74, 6) is 3.17. The van der Waals surface area contributed by atoms with Crippen LogP contribution in [0.5, 0.6) is 11.5 Å². The van der Waals surface area contributed by atoms with E-state index < -0.39 is 0 Å². The molecule has 0 radical (unpaired) electrons. The van der Waals surface area contributed by atoms with Gasteiger partial charge in [-0.3, -0.25) is 0 Å². The molecule has 2 heterocycles. The van der Waals surface area contributed by atoms with Gasteiger partial charge >= 0.3 is 0 Å². The van der Waals surface area contributed by atoms with E-state index in [0.29, 0.717) is 45.7 Å². The second-order valence-corrected chi connectivity index (χ2v) is 6.93. The van der Waals surface area contributed by atoms with Crippen LogP contribution >= 0.6 is 0 Å². The van der Waals surface area contributed by atoms with Crippen molar-refractivity contribution in [3.63, 3.8) is 0 Å². The predicted octanol–water partition coefficient (Wildman–Crippen LogP) is 6.90. The van der Waals surface area contributed by atoms with E-state index in [-0.39, 0.29) is 11.4 Å². The van der Waals surface area contributed by atoms with Gasteiger partial charge in [-0.1, -0.05) is 12.2 Å². The van der Waals surface area contributed by atoms with Gasteiger partial charge in [-0.25, -0.2) is 20.2 Å². The Bertz CT molecular complexity index is 1410. The highest BCUT2D eigenvalue weighted by Crippen LogP contribution is 2.42. The topological polar surface area (TPSA) is 101 Å². The van der Waals surface area contributed by atoms with Gasteiger partial charge in [0.2, 0.25) is 0 Å². The van der Waals surface area contributed by atoms with Crippen LogP contribution in [0.4, 0.5) is 0 Å². The van der Waals surface area contributed by atoms with Crippen LogP contribution in [0.2, 0.25) is 0 Å². The van der Waals surface area contributed by atoms with Crippen molar-refractivity contribution in [2.45, 2.75) is 0 Å². The average Bonchev–Trinajstić information content (AvgIpc) is 3.58. The summed E-state index contributed by atoms with van der Waals surface area (Å²) in [6.45, 7) is 13.8. The molecule has 0 aliphatic carbocycles. The Morgan fingerprint density at radius 1 is 0.778 bits per heavy atom. The molecule has 0 N–H and O–H groups in total. The van der Waals surface area contributed by atoms with Crippen molar-refractivity contribution in [2.75, 3.05) is 14.2 Å². The molecule has 36 heavy (non-hydrogen) atoms. The van der Waals surface area contributed by atoms with E-state index in [0.717, 1.165) is 0 Å². The number of benzene rings is 1. The summed E-state index contributed by atoms with van der Waals surface area (Å²) < 4.78 is 23.0. The molecule has 0 bridgehead atoms. The fourth-order valence-corrected chi connectivity index (χ4v) is 3.13. The lowest BCUT2D eigenvalue weighted by molar-refractivity contribution is 0.394. The lowest BCUT2D eigenvalue weighted by atomic mass is 10.0. The van der Waals surface area contributed by atoms with Gasteiger partial charge in [-0.2, -0.15) is 0 Å². The monoisotopic (exact) mass is 474 g/mol. The van der Waals surface area contributed by atoms with E-state index in [2.05, 4.69) is 9.69 Å². The van der Waals surface area contributed by atoms with Crippen molar-refractivity contribution in [3.05, 3.63) is 106 Å². The summed E-state index contributed by atoms with van der Waals surface area (Å²) in [6, 6.07) is 14.2. The Balaban J connectivity index is 1.97. The van der Waals surface area contributed by atoms with Crippen LogP contribution in [0.3, 0.4) is 0 Å². The van der Waals surface area contributed by atoms with Crippen LogP contribution in [0.15, 0.2) is 80.9 Å². The molecule has 0 spiro atoms. The van der Waals surface area contributed by atoms with Crippen molar-refractivity contribution in [1.29, 1.82) is 10.5 Å². The molecule has 0 saturated carbocycles. The number of nitrogens with zero attached hydrogens (tertiary/aromatic N) is 4. The lowest BCUT2D eigenvalue weighted by Gasteiger charge is -2.12. The Morgan fingerprint density at radius 2 is 1.22 bits per heavy atom. The highest BCUT2D eigenvalue weighted by Gasteiger charge is 2.18. The molecule has 8 heteroatoms. The normalized spacial score (nSPS) is 11.6. The van der Waals surface area contributed by atoms with E-state index in [4.69, 9.17) is 42.0 Å². The molecule has 0 amide bonds. The fraction of sp³-hybridized carbons (Fsp3) is 0.0714. The molecule has 0 saturated heterocycles. The predicted molar refractivity (Wildman–Crippen MR) is 134 cm³/mol. The van der Waals surface area contributed by atoms with Gasteiger partial charge in [0.15, 0.2) is 0 Å². The van der Waals surface area contributed by atoms with Crippen molar-refractivity contribution in [1.82, 2.24) is 0 Å². The smallest absolute Gasteiger partial charge is 0.261 e. The number of nitriles is 2. The summed E-state index contributed by atoms with van der Waals surface area (Å²) >= 11 is 0. The molecule has 0 aliphatic rings. The molecule has 8 nitrogen and oxygen atoms in total. The summed E-state index contributed by atoms with van der Waals surface area (Å²) in [5.41, 5.74) is 1.27. The molecule has 2 aromatic heterocycles. The maximum Gasteiger partial charge on any atom is 0.261 e. The zero-order valence-corrected chi connectivity index (χ0v) is 19.4. The zero-order valence-electron chi connectivity index (χ0n) is 19.4. The van der Waals surface area contributed by atoms with Crippen LogP contribution in [-0.2, 0) is 0 Å². The Hall–Kier alpha value is -5.70. The summed E-state index contributed by atoms with van der Waals surface area (Å²) in [6.07, 6.45) is 9.25. The molecular weight excluding hydrogens is 456 g/mol. The quantitative estimate of drug-likeness (QED) is 0.200. The lowest BCUT2D eigenvalue weighted by Crippen LogP contribution is -1.93. The molecule has 0 fully saturated rings. The fourth-order valence-electron chi connectivity index (χ4n) is 3.13. The summed E-state index contributed by atoms with van der Waals surface area (Å²) in [7, 11) is 3.09. The SMILES string of the molecule is [C-]#[N+]/C(C#N)=C\C=C\c1ccc(-c2cc(-c3ccc(/C=C/C=C(\C#N)[N+]#[C-])o3)c(OC)cc2OC)o1. The number of methoxy groups -OCH3 is 2. The van der Waals surface area contributed by atoms with Crippen LogP contribution < -0.4 is 9.47 Å². The van der Waals surface area contributed by atoms with E-state index in [1.807, 2.05) is 6.07 Å². The average molecular weight is 474 g/mol. The first-order valence-corrected chi connectivity index (χ1v) is 10.3. The van der Waals surface area contributed by atoms with E-state index in [1.54, 1.807) is 81.0 Å². The summed E-state index contributed by atoms with van der Waals surface area (Å²) in [4.78, 5) is 6.20. The molecule has 174 valence electrons. The molecule has 3 aromatic rings. The Kier molecular flexibility index (Phi) is 8.28. The van der Waals surface area contributed by atoms with Crippen LogP contribution in [0, 0.1) is 35.8 Å². The van der Waals surface area contributed by atoms with Gasteiger partial charge < -0.3 is 18.3 Å². The largest absolute Gasteiger partial charge is 0.496 e. The summed E-state index contributed by atoms with van der Waals surface area (Å²) in [5, 5.41) is 17.7. The van der Waals surface area contributed by atoms with Gasteiger partial charge in [0.05, 0.1) is 50.6 Å². The van der Waals surface area contributed by atoms with E-state index in [9.17, 15) is 0 Å². The number of allylic oxidation sites excluding steroid dienone is 6. The third kappa shape index (κ3) is 5.80.